The first kappa shape index (κ1) is 18.6. The molecule has 3 aliphatic carbocycles. The third-order valence-corrected chi connectivity index (χ3v) is 8.92. The number of fused-ring (bicyclic) bond motifs is 1. The zero-order chi connectivity index (χ0) is 19.9. The van der Waals surface area contributed by atoms with Crippen molar-refractivity contribution in [2.45, 2.75) is 87.4 Å². The molecule has 3 N–H and O–H groups in total. The molecule has 0 aromatic rings. The lowest BCUT2D eigenvalue weighted by Crippen LogP contribution is -2.66. The van der Waals surface area contributed by atoms with E-state index in [2.05, 4.69) is 16.9 Å². The Morgan fingerprint density at radius 3 is 2.75 bits per heavy atom. The van der Waals surface area contributed by atoms with Crippen molar-refractivity contribution in [3.8, 4) is 0 Å². The van der Waals surface area contributed by atoms with Crippen molar-refractivity contribution in [2.75, 3.05) is 0 Å². The minimum Gasteiger partial charge on any atom is -0.393 e. The van der Waals surface area contributed by atoms with Crippen LogP contribution in [0.4, 0.5) is 0 Å². The van der Waals surface area contributed by atoms with Gasteiger partial charge in [0.25, 0.3) is 0 Å². The van der Waals surface area contributed by atoms with E-state index in [0.29, 0.717) is 37.7 Å². The van der Waals surface area contributed by atoms with Gasteiger partial charge < -0.3 is 24.9 Å². The summed E-state index contributed by atoms with van der Waals surface area (Å²) in [4.78, 5) is 15.3. The zero-order valence-electron chi connectivity index (χ0n) is 16.0. The number of carbonyl (C=O) groups excluding carboxylic acids is 1. The van der Waals surface area contributed by atoms with Gasteiger partial charge in [-0.25, -0.2) is 0 Å². The monoisotopic (exact) mass is 389 g/mol. The summed E-state index contributed by atoms with van der Waals surface area (Å²) in [5.41, 5.74) is 6.74. The maximum atomic E-state index is 12.5. The van der Waals surface area contributed by atoms with Crippen LogP contribution in [0.1, 0.15) is 51.9 Å². The number of aldehydes is 1. The predicted octanol–water partition coefficient (Wildman–Crippen LogP) is 1.78. The highest BCUT2D eigenvalue weighted by atomic mass is 16.5. The first-order valence-electron chi connectivity index (χ1n) is 10.3. The molecule has 28 heavy (non-hydrogen) atoms. The van der Waals surface area contributed by atoms with Crippen molar-refractivity contribution in [2.24, 2.45) is 21.9 Å². The van der Waals surface area contributed by atoms with Gasteiger partial charge in [-0.3, -0.25) is 0 Å². The van der Waals surface area contributed by atoms with Crippen LogP contribution in [0.2, 0.25) is 0 Å². The molecule has 8 nitrogen and oxygen atoms in total. The van der Waals surface area contributed by atoms with Gasteiger partial charge in [-0.1, -0.05) is 18.1 Å². The van der Waals surface area contributed by atoms with Crippen LogP contribution < -0.4 is 0 Å². The lowest BCUT2D eigenvalue weighted by atomic mass is 9.50. The maximum Gasteiger partial charge on any atom is 0.132 e. The van der Waals surface area contributed by atoms with Gasteiger partial charge in [0.2, 0.25) is 0 Å². The summed E-state index contributed by atoms with van der Waals surface area (Å²) in [6.07, 6.45) is 4.35. The normalized spacial score (nSPS) is 56.7. The van der Waals surface area contributed by atoms with Crippen LogP contribution in [0.15, 0.2) is 16.8 Å². The highest BCUT2D eigenvalue weighted by Crippen LogP contribution is 2.71. The number of aliphatic hydroxyl groups is 3. The van der Waals surface area contributed by atoms with E-state index in [9.17, 15) is 20.1 Å². The summed E-state index contributed by atoms with van der Waals surface area (Å²) in [5.74, 6) is 0.0491. The average Bonchev–Trinajstić information content (AvgIpc) is 3.17. The molecule has 0 aromatic carbocycles. The van der Waals surface area contributed by atoms with Crippen molar-refractivity contribution < 1.29 is 24.9 Å². The number of hydrogen-bond acceptors (Lipinski definition) is 6. The Bertz CT molecular complexity index is 812. The van der Waals surface area contributed by atoms with E-state index in [-0.39, 0.29) is 11.3 Å². The summed E-state index contributed by atoms with van der Waals surface area (Å²) >= 11 is 0. The Morgan fingerprint density at radius 2 is 2.04 bits per heavy atom. The van der Waals surface area contributed by atoms with Crippen LogP contribution in [-0.2, 0) is 9.53 Å². The fourth-order valence-corrected chi connectivity index (χ4v) is 7.39. The van der Waals surface area contributed by atoms with Crippen LogP contribution in [0.3, 0.4) is 0 Å². The van der Waals surface area contributed by atoms with Gasteiger partial charge in [-0.15, -0.1) is 0 Å². The zero-order valence-corrected chi connectivity index (χ0v) is 16.0. The smallest absolute Gasteiger partial charge is 0.132 e. The van der Waals surface area contributed by atoms with E-state index in [0.717, 1.165) is 19.1 Å². The number of nitrogens with zero attached hydrogens (tertiary/aromatic N) is 3. The van der Waals surface area contributed by atoms with E-state index in [1.807, 2.05) is 6.08 Å². The van der Waals surface area contributed by atoms with Crippen molar-refractivity contribution >= 4 is 6.29 Å². The number of carbonyl (C=O) groups is 1. The van der Waals surface area contributed by atoms with Gasteiger partial charge in [-0.05, 0) is 67.4 Å². The summed E-state index contributed by atoms with van der Waals surface area (Å²) < 4.78 is 6.83. The van der Waals surface area contributed by atoms with Gasteiger partial charge in [0.1, 0.15) is 12.4 Å². The van der Waals surface area contributed by atoms with E-state index >= 15 is 0 Å². The molecule has 2 spiro atoms. The molecule has 5 aliphatic rings. The standard InChI is InChI=1S/C20H27N3O5/c1-17-4-5-18(10-24)8-11-15(26)16(27)12(22-23-21)9-19(11)6-7-20(18,28-19)13(17)2-3-14(17)25/h8,10,12-16,25-27H,2-7,9H2,1H3/t12-,13+,14-,15+,16+,17-,18+,19+,20-/m0/s1. The minimum atomic E-state index is -1.22. The Hall–Kier alpha value is -1.44. The Labute approximate surface area is 163 Å². The number of ether oxygens (including phenoxy) is 1. The van der Waals surface area contributed by atoms with Crippen LogP contribution in [0, 0.1) is 16.7 Å². The van der Waals surface area contributed by atoms with Crippen molar-refractivity contribution in [3.63, 3.8) is 0 Å². The maximum absolute atomic E-state index is 12.5. The van der Waals surface area contributed by atoms with Gasteiger partial charge in [-0.2, -0.15) is 0 Å². The molecule has 0 unspecified atom stereocenters. The van der Waals surface area contributed by atoms with E-state index in [1.54, 1.807) is 0 Å². The highest BCUT2D eigenvalue weighted by molar-refractivity contribution is 5.69. The topological polar surface area (TPSA) is 136 Å². The SMILES string of the molecule is C[C@]12CC[C@]3(C=O)C=C4[C@@H](O)[C@H](O)[C@@H](N=[N+]=[N-])C[C@]45CC[C@]3(O5)[C@@H]1CC[C@@H]2O. The van der Waals surface area contributed by atoms with Gasteiger partial charge in [0, 0.05) is 4.91 Å². The molecule has 4 fully saturated rings. The molecule has 8 heteroatoms. The largest absolute Gasteiger partial charge is 0.393 e. The molecule has 0 radical (unpaired) electrons. The van der Waals surface area contributed by atoms with Crippen molar-refractivity contribution in [1.29, 1.82) is 0 Å². The lowest BCUT2D eigenvalue weighted by molar-refractivity contribution is -0.234. The second-order valence-corrected chi connectivity index (χ2v) is 9.81. The summed E-state index contributed by atoms with van der Waals surface area (Å²) in [5, 5.41) is 35.7. The molecule has 1 saturated heterocycles. The number of azide groups is 1. The minimum absolute atomic E-state index is 0.0491. The van der Waals surface area contributed by atoms with Crippen LogP contribution in [0.25, 0.3) is 10.4 Å². The lowest BCUT2D eigenvalue weighted by Gasteiger charge is -2.61. The van der Waals surface area contributed by atoms with E-state index < -0.39 is 41.0 Å². The number of hydrogen-bond donors (Lipinski definition) is 3. The summed E-state index contributed by atoms with van der Waals surface area (Å²) in [6, 6.07) is -0.778. The summed E-state index contributed by atoms with van der Waals surface area (Å²) in [6.45, 7) is 2.11. The van der Waals surface area contributed by atoms with Gasteiger partial charge in [0.15, 0.2) is 0 Å². The molecule has 5 rings (SSSR count). The van der Waals surface area contributed by atoms with Crippen molar-refractivity contribution in [3.05, 3.63) is 22.1 Å². The Kier molecular flexibility index (Phi) is 3.70. The average molecular weight is 389 g/mol. The van der Waals surface area contributed by atoms with Crippen LogP contribution in [-0.4, -0.2) is 57.2 Å². The molecule has 0 aromatic heterocycles. The predicted molar refractivity (Wildman–Crippen MR) is 98.0 cm³/mol. The first-order valence-corrected chi connectivity index (χ1v) is 10.3. The van der Waals surface area contributed by atoms with Gasteiger partial charge in [0.05, 0.1) is 34.9 Å². The molecule has 2 aliphatic heterocycles. The Balaban J connectivity index is 1.67. The van der Waals surface area contributed by atoms with Crippen molar-refractivity contribution in [1.82, 2.24) is 0 Å². The van der Waals surface area contributed by atoms with E-state index in [1.165, 1.54) is 0 Å². The number of rotatable bonds is 2. The van der Waals surface area contributed by atoms with Gasteiger partial charge >= 0.3 is 0 Å². The molecular weight excluding hydrogens is 362 g/mol. The fraction of sp³-hybridized carbons (Fsp3) is 0.850. The molecular formula is C20H27N3O5. The van der Waals surface area contributed by atoms with Crippen LogP contribution >= 0.6 is 0 Å². The quantitative estimate of drug-likeness (QED) is 0.217. The number of aliphatic hydroxyl groups excluding tert-OH is 3. The van der Waals surface area contributed by atoms with Crippen LogP contribution in [0.5, 0.6) is 0 Å². The second kappa shape index (κ2) is 5.58. The molecule has 152 valence electrons. The Morgan fingerprint density at radius 1 is 1.25 bits per heavy atom. The fourth-order valence-electron chi connectivity index (χ4n) is 7.39. The third-order valence-electron chi connectivity index (χ3n) is 8.92. The molecule has 9 atom stereocenters. The molecule has 2 bridgehead atoms. The molecule has 3 saturated carbocycles. The second-order valence-electron chi connectivity index (χ2n) is 9.81. The highest BCUT2D eigenvalue weighted by Gasteiger charge is 2.74. The summed E-state index contributed by atoms with van der Waals surface area (Å²) in [7, 11) is 0. The first-order chi connectivity index (χ1) is 13.3. The molecule has 0 amide bonds. The third kappa shape index (κ3) is 1.91. The molecule has 2 heterocycles. The van der Waals surface area contributed by atoms with E-state index in [4.69, 9.17) is 10.3 Å².